The molecular weight excluding hydrogens is 471 g/mol. The summed E-state index contributed by atoms with van der Waals surface area (Å²) < 4.78 is 39.4. The number of urea groups is 1. The van der Waals surface area contributed by atoms with E-state index in [-0.39, 0.29) is 5.56 Å². The lowest BCUT2D eigenvalue weighted by atomic mass is 9.97. The van der Waals surface area contributed by atoms with Gasteiger partial charge in [-0.05, 0) is 41.0 Å². The van der Waals surface area contributed by atoms with Crippen LogP contribution in [-0.4, -0.2) is 35.0 Å². The molecule has 3 aromatic carbocycles. The highest BCUT2D eigenvalue weighted by atomic mass is 19.3. The van der Waals surface area contributed by atoms with Gasteiger partial charge in [-0.1, -0.05) is 36.4 Å². The molecule has 10 heteroatoms. The number of carbonyl (C=O) groups is 1. The van der Waals surface area contributed by atoms with Crippen molar-refractivity contribution in [3.63, 3.8) is 0 Å². The van der Waals surface area contributed by atoms with Crippen LogP contribution in [0, 0.1) is 5.82 Å². The van der Waals surface area contributed by atoms with Crippen LogP contribution in [0.3, 0.4) is 0 Å². The van der Waals surface area contributed by atoms with Crippen molar-refractivity contribution in [2.24, 2.45) is 4.99 Å². The van der Waals surface area contributed by atoms with Crippen LogP contribution >= 0.6 is 0 Å². The number of hydrogen-bond acceptors (Lipinski definition) is 4. The normalized spacial score (nSPS) is 12.5. The number of amidine groups is 1. The minimum Gasteiger partial charge on any atom is -0.332 e. The van der Waals surface area contributed by atoms with E-state index in [2.05, 4.69) is 25.8 Å². The molecule has 1 aliphatic heterocycles. The lowest BCUT2D eigenvalue weighted by Crippen LogP contribution is -2.41. The summed E-state index contributed by atoms with van der Waals surface area (Å²) in [5.74, 6) is -0.0937. The van der Waals surface area contributed by atoms with Gasteiger partial charge in [0.2, 0.25) is 0 Å². The maximum absolute atomic E-state index is 14.8. The van der Waals surface area contributed by atoms with Gasteiger partial charge >= 0.3 is 6.03 Å². The van der Waals surface area contributed by atoms with Crippen molar-refractivity contribution in [1.29, 1.82) is 0 Å². The zero-order valence-corrected chi connectivity index (χ0v) is 18.8. The van der Waals surface area contributed by atoms with E-state index in [1.54, 1.807) is 42.5 Å². The molecule has 1 aliphatic rings. The lowest BCUT2D eigenvalue weighted by molar-refractivity contribution is 0.147. The van der Waals surface area contributed by atoms with E-state index in [0.717, 1.165) is 16.5 Å². The molecule has 182 valence electrons. The van der Waals surface area contributed by atoms with Crippen molar-refractivity contribution < 1.29 is 18.0 Å². The summed E-state index contributed by atoms with van der Waals surface area (Å²) in [4.78, 5) is 28.2. The number of aromatic nitrogens is 2. The van der Waals surface area contributed by atoms with Gasteiger partial charge in [-0.25, -0.2) is 28.1 Å². The molecule has 36 heavy (non-hydrogen) atoms. The lowest BCUT2D eigenvalue weighted by Gasteiger charge is -2.09. The smallest absolute Gasteiger partial charge is 0.320 e. The van der Waals surface area contributed by atoms with Crippen molar-refractivity contribution >= 4 is 28.3 Å². The summed E-state index contributed by atoms with van der Waals surface area (Å²) in [6.07, 6.45) is -1.94. The summed E-state index contributed by atoms with van der Waals surface area (Å²) in [5.41, 5.74) is 3.56. The van der Waals surface area contributed by atoms with Crippen LogP contribution in [0.5, 0.6) is 0 Å². The number of fused-ring (bicyclic) bond motifs is 2. The first-order chi connectivity index (χ1) is 17.4. The molecule has 1 aromatic heterocycles. The molecule has 2 amide bonds. The number of hydrogen-bond donors (Lipinski definition) is 3. The third-order valence-electron chi connectivity index (χ3n) is 5.86. The molecule has 0 unspecified atom stereocenters. The maximum atomic E-state index is 14.8. The van der Waals surface area contributed by atoms with Gasteiger partial charge in [0, 0.05) is 23.8 Å². The largest absolute Gasteiger partial charge is 0.332 e. The molecule has 0 aliphatic carbocycles. The van der Waals surface area contributed by atoms with E-state index in [4.69, 9.17) is 0 Å². The fourth-order valence-electron chi connectivity index (χ4n) is 4.17. The van der Waals surface area contributed by atoms with Crippen LogP contribution in [0.15, 0.2) is 70.5 Å². The Bertz CT molecular complexity index is 1570. The van der Waals surface area contributed by atoms with Crippen LogP contribution in [0.1, 0.15) is 16.8 Å². The Morgan fingerprint density at radius 3 is 2.67 bits per heavy atom. The van der Waals surface area contributed by atoms with Gasteiger partial charge in [-0.2, -0.15) is 5.10 Å². The number of nitrogens with zero attached hydrogens (tertiary/aromatic N) is 2. The Balaban J connectivity index is 1.40. The molecule has 7 nitrogen and oxygen atoms in total. The maximum Gasteiger partial charge on any atom is 0.320 e. The zero-order chi connectivity index (χ0) is 25.2. The number of nitrogens with one attached hydrogen (secondary N) is 3. The minimum absolute atomic E-state index is 0.270. The molecule has 0 atom stereocenters. The molecule has 0 saturated heterocycles. The number of carbonyl (C=O) groups excluding carboxylic acids is 1. The topological polar surface area (TPSA) is 99.2 Å². The number of H-pyrrole nitrogens is 1. The number of aliphatic imine (C=N–C) groups is 1. The van der Waals surface area contributed by atoms with Crippen molar-refractivity contribution in [2.45, 2.75) is 19.3 Å². The third kappa shape index (κ3) is 4.83. The summed E-state index contributed by atoms with van der Waals surface area (Å²) in [7, 11) is 0. The monoisotopic (exact) mass is 491 g/mol. The van der Waals surface area contributed by atoms with E-state index < -0.39 is 24.8 Å². The molecule has 4 aromatic rings. The summed E-state index contributed by atoms with van der Waals surface area (Å²) >= 11 is 0. The van der Waals surface area contributed by atoms with Gasteiger partial charge in [0.15, 0.2) is 0 Å². The first kappa shape index (κ1) is 23.3. The quantitative estimate of drug-likeness (QED) is 0.384. The first-order valence-corrected chi connectivity index (χ1v) is 11.2. The number of benzene rings is 3. The molecule has 0 spiro atoms. The van der Waals surface area contributed by atoms with Crippen molar-refractivity contribution in [3.05, 3.63) is 93.7 Å². The fourth-order valence-corrected chi connectivity index (χ4v) is 4.17. The van der Waals surface area contributed by atoms with Crippen LogP contribution in [0.25, 0.3) is 21.9 Å². The predicted molar refractivity (Wildman–Crippen MR) is 130 cm³/mol. The second kappa shape index (κ2) is 9.65. The van der Waals surface area contributed by atoms with Gasteiger partial charge in [0.05, 0.1) is 23.3 Å². The molecule has 3 N–H and O–H groups in total. The van der Waals surface area contributed by atoms with E-state index >= 15 is 0 Å². The fraction of sp³-hybridized carbons (Fsp3) is 0.154. The highest BCUT2D eigenvalue weighted by Gasteiger charge is 2.19. The summed E-state index contributed by atoms with van der Waals surface area (Å²) in [5, 5.41) is 12.5. The molecule has 0 bridgehead atoms. The standard InChI is InChI=1S/C26H20F3N5O2/c27-20-8-5-14(10-22-17-3-1-2-4-18(17)25(35)34-33-22)9-19(20)15-6-7-16-12-24(31-21(16)11-15)32-26(36)30-13-23(28)29/h1-9,11,23H,10,12-13H2,(H,34,35)(H2,30,31,32,36). The Kier molecular flexibility index (Phi) is 6.24. The molecule has 0 fully saturated rings. The van der Waals surface area contributed by atoms with E-state index in [1.165, 1.54) is 6.07 Å². The van der Waals surface area contributed by atoms with E-state index in [1.807, 2.05) is 12.1 Å². The average molecular weight is 491 g/mol. The van der Waals surface area contributed by atoms with Crippen LogP contribution < -0.4 is 16.2 Å². The highest BCUT2D eigenvalue weighted by Crippen LogP contribution is 2.33. The van der Waals surface area contributed by atoms with Crippen molar-refractivity contribution in [1.82, 2.24) is 20.8 Å². The molecular formula is C26H20F3N5O2. The van der Waals surface area contributed by atoms with Crippen LogP contribution in [0.2, 0.25) is 0 Å². The SMILES string of the molecule is O=C(NCC(F)F)NC1=Nc2cc(-c3cc(Cc4n[nH]c(=O)c5ccccc45)ccc3F)ccc2C1. The molecule has 5 rings (SSSR count). The Morgan fingerprint density at radius 1 is 1.06 bits per heavy atom. The number of aromatic amines is 1. The van der Waals surface area contributed by atoms with E-state index in [9.17, 15) is 22.8 Å². The Hall–Kier alpha value is -4.47. The van der Waals surface area contributed by atoms with E-state index in [0.29, 0.717) is 46.6 Å². The second-order valence-corrected chi connectivity index (χ2v) is 8.34. The number of halogens is 3. The minimum atomic E-state index is -2.65. The Morgan fingerprint density at radius 2 is 1.86 bits per heavy atom. The van der Waals surface area contributed by atoms with Gasteiger partial charge in [0.1, 0.15) is 11.7 Å². The molecule has 0 radical (unpaired) electrons. The van der Waals surface area contributed by atoms with Gasteiger partial charge in [0.25, 0.3) is 12.0 Å². The van der Waals surface area contributed by atoms with Crippen molar-refractivity contribution in [3.8, 4) is 11.1 Å². The highest BCUT2D eigenvalue weighted by molar-refractivity contribution is 6.02. The van der Waals surface area contributed by atoms with Gasteiger partial charge < -0.3 is 5.32 Å². The zero-order valence-electron chi connectivity index (χ0n) is 18.8. The van der Waals surface area contributed by atoms with Crippen LogP contribution in [0.4, 0.5) is 23.7 Å². The average Bonchev–Trinajstić information content (AvgIpc) is 3.27. The summed E-state index contributed by atoms with van der Waals surface area (Å²) in [6.45, 7) is -0.754. The number of alkyl halides is 2. The predicted octanol–water partition coefficient (Wildman–Crippen LogP) is 4.47. The third-order valence-corrected chi connectivity index (χ3v) is 5.86. The molecule has 2 heterocycles. The number of rotatable bonds is 5. The van der Waals surface area contributed by atoms with Crippen LogP contribution in [-0.2, 0) is 12.8 Å². The first-order valence-electron chi connectivity index (χ1n) is 11.2. The number of amides is 2. The Labute approximate surface area is 203 Å². The van der Waals surface area contributed by atoms with Gasteiger partial charge in [-0.3, -0.25) is 10.1 Å². The summed E-state index contributed by atoms with van der Waals surface area (Å²) in [6, 6.07) is 16.5. The van der Waals surface area contributed by atoms with Gasteiger partial charge in [-0.15, -0.1) is 0 Å². The van der Waals surface area contributed by atoms with Crippen molar-refractivity contribution in [2.75, 3.05) is 6.54 Å². The second-order valence-electron chi connectivity index (χ2n) is 8.34. The molecule has 0 saturated carbocycles.